The molecule has 4 heteroatoms. The lowest BCUT2D eigenvalue weighted by Crippen LogP contribution is -2.23. The monoisotopic (exact) mass is 263 g/mol. The zero-order chi connectivity index (χ0) is 12.3. The SMILES string of the molecule is Cc1ccc(S)cc1C(=O)NCc1ccsc1. The number of carbonyl (C=O) groups excluding carboxylic acids is 1. The Morgan fingerprint density at radius 2 is 2.24 bits per heavy atom. The lowest BCUT2D eigenvalue weighted by atomic mass is 10.1. The van der Waals surface area contributed by atoms with Crippen molar-refractivity contribution in [2.24, 2.45) is 0 Å². The Labute approximate surface area is 110 Å². The summed E-state index contributed by atoms with van der Waals surface area (Å²) < 4.78 is 0. The van der Waals surface area contributed by atoms with Crippen molar-refractivity contribution in [3.05, 3.63) is 51.7 Å². The molecule has 1 N–H and O–H groups in total. The molecule has 17 heavy (non-hydrogen) atoms. The van der Waals surface area contributed by atoms with Gasteiger partial charge in [-0.15, -0.1) is 12.6 Å². The van der Waals surface area contributed by atoms with Gasteiger partial charge in [-0.05, 0) is 47.0 Å². The van der Waals surface area contributed by atoms with E-state index in [0.717, 1.165) is 16.0 Å². The molecule has 0 saturated carbocycles. The molecule has 0 spiro atoms. The second-order valence-electron chi connectivity index (χ2n) is 3.81. The average Bonchev–Trinajstić information content (AvgIpc) is 2.82. The van der Waals surface area contributed by atoms with Gasteiger partial charge in [0.05, 0.1) is 0 Å². The van der Waals surface area contributed by atoms with Crippen LogP contribution in [-0.4, -0.2) is 5.91 Å². The lowest BCUT2D eigenvalue weighted by molar-refractivity contribution is 0.0950. The summed E-state index contributed by atoms with van der Waals surface area (Å²) in [5.41, 5.74) is 2.78. The second-order valence-corrected chi connectivity index (χ2v) is 5.11. The van der Waals surface area contributed by atoms with E-state index >= 15 is 0 Å². The van der Waals surface area contributed by atoms with Crippen LogP contribution in [-0.2, 0) is 6.54 Å². The van der Waals surface area contributed by atoms with Gasteiger partial charge < -0.3 is 5.32 Å². The van der Waals surface area contributed by atoms with Crippen molar-refractivity contribution in [3.63, 3.8) is 0 Å². The highest BCUT2D eigenvalue weighted by atomic mass is 32.1. The van der Waals surface area contributed by atoms with Gasteiger partial charge in [0.1, 0.15) is 0 Å². The topological polar surface area (TPSA) is 29.1 Å². The molecule has 1 amide bonds. The highest BCUT2D eigenvalue weighted by Gasteiger charge is 2.08. The molecule has 0 aliphatic heterocycles. The molecule has 0 unspecified atom stereocenters. The maximum Gasteiger partial charge on any atom is 0.251 e. The molecule has 1 heterocycles. The zero-order valence-corrected chi connectivity index (χ0v) is 11.1. The van der Waals surface area contributed by atoms with Gasteiger partial charge in [-0.1, -0.05) is 6.07 Å². The molecule has 0 atom stereocenters. The van der Waals surface area contributed by atoms with Crippen LogP contribution in [0.25, 0.3) is 0 Å². The number of hydrogen-bond acceptors (Lipinski definition) is 3. The Hall–Kier alpha value is -1.26. The average molecular weight is 263 g/mol. The number of benzene rings is 1. The van der Waals surface area contributed by atoms with Gasteiger partial charge in [0.25, 0.3) is 5.91 Å². The number of hydrogen-bond donors (Lipinski definition) is 2. The van der Waals surface area contributed by atoms with E-state index in [2.05, 4.69) is 17.9 Å². The third kappa shape index (κ3) is 3.11. The number of amides is 1. The maximum absolute atomic E-state index is 12.0. The van der Waals surface area contributed by atoms with Gasteiger partial charge in [-0.2, -0.15) is 11.3 Å². The fourth-order valence-corrected chi connectivity index (χ4v) is 2.40. The third-order valence-electron chi connectivity index (χ3n) is 2.50. The van der Waals surface area contributed by atoms with Crippen molar-refractivity contribution in [2.75, 3.05) is 0 Å². The van der Waals surface area contributed by atoms with Gasteiger partial charge in [0.2, 0.25) is 0 Å². The number of thiol groups is 1. The minimum atomic E-state index is -0.0513. The van der Waals surface area contributed by atoms with Crippen LogP contribution in [0.4, 0.5) is 0 Å². The van der Waals surface area contributed by atoms with Gasteiger partial charge in [-0.3, -0.25) is 4.79 Å². The van der Waals surface area contributed by atoms with Gasteiger partial charge in [0.15, 0.2) is 0 Å². The van der Waals surface area contributed by atoms with E-state index in [1.807, 2.05) is 35.9 Å². The van der Waals surface area contributed by atoms with E-state index in [0.29, 0.717) is 12.1 Å². The minimum absolute atomic E-state index is 0.0513. The smallest absolute Gasteiger partial charge is 0.251 e. The van der Waals surface area contributed by atoms with Crippen LogP contribution in [0, 0.1) is 6.92 Å². The van der Waals surface area contributed by atoms with Crippen molar-refractivity contribution < 1.29 is 4.79 Å². The molecule has 0 aliphatic carbocycles. The molecule has 1 aromatic heterocycles. The van der Waals surface area contributed by atoms with Gasteiger partial charge in [0, 0.05) is 17.0 Å². The fraction of sp³-hybridized carbons (Fsp3) is 0.154. The van der Waals surface area contributed by atoms with Gasteiger partial charge in [-0.25, -0.2) is 0 Å². The second kappa shape index (κ2) is 5.38. The summed E-state index contributed by atoms with van der Waals surface area (Å²) in [6.07, 6.45) is 0. The highest BCUT2D eigenvalue weighted by Crippen LogP contribution is 2.14. The van der Waals surface area contributed by atoms with E-state index in [1.54, 1.807) is 17.4 Å². The largest absolute Gasteiger partial charge is 0.348 e. The van der Waals surface area contributed by atoms with Crippen LogP contribution in [0.5, 0.6) is 0 Å². The Bertz CT molecular complexity index is 520. The molecule has 88 valence electrons. The first-order valence-electron chi connectivity index (χ1n) is 5.25. The first-order valence-corrected chi connectivity index (χ1v) is 6.64. The molecule has 0 radical (unpaired) electrons. The molecule has 2 aromatic rings. The molecule has 0 bridgehead atoms. The van der Waals surface area contributed by atoms with Gasteiger partial charge >= 0.3 is 0 Å². The summed E-state index contributed by atoms with van der Waals surface area (Å²) in [5, 5.41) is 6.93. The Morgan fingerprint density at radius 1 is 1.41 bits per heavy atom. The van der Waals surface area contributed by atoms with Crippen LogP contribution in [0.3, 0.4) is 0 Å². The van der Waals surface area contributed by atoms with E-state index in [9.17, 15) is 4.79 Å². The minimum Gasteiger partial charge on any atom is -0.348 e. The summed E-state index contributed by atoms with van der Waals surface area (Å²) in [5.74, 6) is -0.0513. The van der Waals surface area contributed by atoms with Crippen LogP contribution in [0.2, 0.25) is 0 Å². The summed E-state index contributed by atoms with van der Waals surface area (Å²) in [6, 6.07) is 7.59. The molecule has 0 saturated heterocycles. The summed E-state index contributed by atoms with van der Waals surface area (Å²) in [7, 11) is 0. The predicted octanol–water partition coefficient (Wildman–Crippen LogP) is 3.28. The number of nitrogens with one attached hydrogen (secondary N) is 1. The normalized spacial score (nSPS) is 10.2. The molecule has 1 aromatic carbocycles. The summed E-state index contributed by atoms with van der Waals surface area (Å²) in [4.78, 5) is 12.8. The van der Waals surface area contributed by atoms with E-state index in [1.165, 1.54) is 0 Å². The van der Waals surface area contributed by atoms with Crippen molar-refractivity contribution >= 4 is 29.9 Å². The van der Waals surface area contributed by atoms with Crippen LogP contribution in [0.1, 0.15) is 21.5 Å². The molecule has 2 nitrogen and oxygen atoms in total. The molecular weight excluding hydrogens is 250 g/mol. The Balaban J connectivity index is 2.07. The standard InChI is InChI=1S/C13H13NOS2/c1-9-2-3-11(16)6-12(9)13(15)14-7-10-4-5-17-8-10/h2-6,8,16H,7H2,1H3,(H,14,15). The first kappa shape index (κ1) is 12.2. The first-order chi connectivity index (χ1) is 8.16. The predicted molar refractivity (Wildman–Crippen MR) is 73.9 cm³/mol. The summed E-state index contributed by atoms with van der Waals surface area (Å²) in [6.45, 7) is 2.49. The van der Waals surface area contributed by atoms with E-state index in [4.69, 9.17) is 0 Å². The van der Waals surface area contributed by atoms with E-state index in [-0.39, 0.29) is 5.91 Å². The number of thiophene rings is 1. The maximum atomic E-state index is 12.0. The number of rotatable bonds is 3. The Kier molecular flexibility index (Phi) is 3.86. The highest BCUT2D eigenvalue weighted by molar-refractivity contribution is 7.80. The van der Waals surface area contributed by atoms with Crippen molar-refractivity contribution in [1.29, 1.82) is 0 Å². The number of carbonyl (C=O) groups is 1. The quantitative estimate of drug-likeness (QED) is 0.818. The van der Waals surface area contributed by atoms with E-state index < -0.39 is 0 Å². The van der Waals surface area contributed by atoms with Crippen molar-refractivity contribution in [3.8, 4) is 0 Å². The fourth-order valence-electron chi connectivity index (χ4n) is 1.53. The zero-order valence-electron chi connectivity index (χ0n) is 9.43. The van der Waals surface area contributed by atoms with Crippen LogP contribution in [0.15, 0.2) is 39.9 Å². The third-order valence-corrected chi connectivity index (χ3v) is 3.51. The molecule has 2 rings (SSSR count). The van der Waals surface area contributed by atoms with Crippen molar-refractivity contribution in [2.45, 2.75) is 18.4 Å². The summed E-state index contributed by atoms with van der Waals surface area (Å²) >= 11 is 5.87. The van der Waals surface area contributed by atoms with Crippen LogP contribution >= 0.6 is 24.0 Å². The molecule has 0 aliphatic rings. The lowest BCUT2D eigenvalue weighted by Gasteiger charge is -2.07. The molecule has 0 fully saturated rings. The number of aryl methyl sites for hydroxylation is 1. The molecular formula is C13H13NOS2. The van der Waals surface area contributed by atoms with Crippen molar-refractivity contribution in [1.82, 2.24) is 5.32 Å². The van der Waals surface area contributed by atoms with Crippen LogP contribution < -0.4 is 5.32 Å². The Morgan fingerprint density at radius 3 is 2.94 bits per heavy atom.